The van der Waals surface area contributed by atoms with Crippen LogP contribution in [0.15, 0.2) is 109 Å². The minimum Gasteiger partial charge on any atom is -0.358 e. The zero-order valence-electron chi connectivity index (χ0n) is 23.8. The summed E-state index contributed by atoms with van der Waals surface area (Å²) in [6, 6.07) is 42.2. The maximum absolute atomic E-state index is 14.1. The van der Waals surface area contributed by atoms with Crippen molar-refractivity contribution in [2.45, 2.75) is 5.41 Å². The Morgan fingerprint density at radius 2 is 1.02 bits per heavy atom. The van der Waals surface area contributed by atoms with E-state index >= 15 is 0 Å². The van der Waals surface area contributed by atoms with Gasteiger partial charge in [0.1, 0.15) is 5.41 Å². The molecule has 0 bridgehead atoms. The van der Waals surface area contributed by atoms with Crippen LogP contribution in [0.4, 0.5) is 8.78 Å². The molecule has 0 amide bonds. The first-order chi connectivity index (χ1) is 21.0. The van der Waals surface area contributed by atoms with Crippen LogP contribution in [0.5, 0.6) is 0 Å². The molecule has 4 nitrogen and oxygen atoms in total. The van der Waals surface area contributed by atoms with E-state index in [-0.39, 0.29) is 39.6 Å². The molecule has 45 heavy (non-hydrogen) atoms. The largest absolute Gasteiger partial charge is 0.358 e. The summed E-state index contributed by atoms with van der Waals surface area (Å²) in [5.41, 5.74) is 6.26. The van der Waals surface area contributed by atoms with Gasteiger partial charge in [0.25, 0.3) is 0 Å². The van der Waals surface area contributed by atoms with Crippen LogP contribution in [0.3, 0.4) is 0 Å². The van der Waals surface area contributed by atoms with E-state index in [2.05, 4.69) is 36.4 Å². The van der Waals surface area contributed by atoms with Crippen molar-refractivity contribution in [2.75, 3.05) is 0 Å². The fourth-order valence-corrected chi connectivity index (χ4v) is 5.92. The molecule has 6 aromatic rings. The topological polar surface area (TPSA) is 73.4 Å². The maximum Gasteiger partial charge on any atom is 0.104 e. The molecule has 2 heterocycles. The van der Waals surface area contributed by atoms with Gasteiger partial charge in [-0.3, -0.25) is 18.7 Å². The minimum absolute atomic E-state index is 0. The number of nitrogens with zero attached hydrogens (tertiary/aromatic N) is 4. The molecule has 0 unspecified atom stereocenters. The van der Waals surface area contributed by atoms with Crippen LogP contribution in [-0.4, -0.2) is 9.97 Å². The van der Waals surface area contributed by atoms with Crippen LogP contribution in [0, 0.1) is 53.9 Å². The molecule has 1 aliphatic rings. The first-order valence-corrected chi connectivity index (χ1v) is 13.4. The fraction of sp³-hybridized carbons (Fsp3) is 0.0263. The van der Waals surface area contributed by atoms with Gasteiger partial charge in [0.2, 0.25) is 0 Å². The Bertz CT molecular complexity index is 2010. The quantitative estimate of drug-likeness (QED) is 0.169. The van der Waals surface area contributed by atoms with E-state index in [9.17, 15) is 19.3 Å². The molecule has 7 rings (SSSR count). The summed E-state index contributed by atoms with van der Waals surface area (Å²) in [5, 5.41) is 18.8. The van der Waals surface area contributed by atoms with Crippen LogP contribution >= 0.6 is 0 Å². The number of halogens is 2. The van der Waals surface area contributed by atoms with Crippen molar-refractivity contribution >= 4 is 0 Å². The Labute approximate surface area is 274 Å². The third-order valence-electron chi connectivity index (χ3n) is 7.81. The number of benzene rings is 4. The normalized spacial score (nSPS) is 12.0. The predicted molar refractivity (Wildman–Crippen MR) is 164 cm³/mol. The molecule has 0 aliphatic heterocycles. The van der Waals surface area contributed by atoms with Gasteiger partial charge in [0, 0.05) is 32.2 Å². The Balaban J connectivity index is 0.00000200. The molecule has 0 N–H and O–H groups in total. The molecule has 0 spiro atoms. The molecule has 0 atom stereocenters. The van der Waals surface area contributed by atoms with E-state index in [1.807, 2.05) is 60.7 Å². The second kappa shape index (κ2) is 12.4. The molecule has 0 saturated heterocycles. The minimum atomic E-state index is -0.963. The number of pyridine rings is 2. The molecule has 0 saturated carbocycles. The van der Waals surface area contributed by atoms with E-state index in [1.54, 1.807) is 12.1 Å². The van der Waals surface area contributed by atoms with E-state index in [4.69, 9.17) is 9.97 Å². The maximum atomic E-state index is 14.1. The van der Waals surface area contributed by atoms with Crippen LogP contribution in [0.2, 0.25) is 0 Å². The average Bonchev–Trinajstić information content (AvgIpc) is 3.36. The smallest absolute Gasteiger partial charge is 0.104 e. The summed E-state index contributed by atoms with van der Waals surface area (Å²) in [5.74, 6) is -1.29. The molecule has 0 fully saturated rings. The molecule has 220 valence electrons. The summed E-state index contributed by atoms with van der Waals surface area (Å²) in [4.78, 5) is 10.2. The van der Waals surface area contributed by atoms with Gasteiger partial charge in [-0.1, -0.05) is 72.8 Å². The van der Waals surface area contributed by atoms with Crippen molar-refractivity contribution in [3.05, 3.63) is 174 Å². The second-order valence-electron chi connectivity index (χ2n) is 10.1. The summed E-state index contributed by atoms with van der Waals surface area (Å²) in [7, 11) is 0. The summed E-state index contributed by atoms with van der Waals surface area (Å²) < 4.78 is 28.3. The Hall–Kier alpha value is -5.29. The molecule has 1 aliphatic carbocycles. The van der Waals surface area contributed by atoms with Gasteiger partial charge in [-0.05, 0) is 45.8 Å². The molecular formula is C38H21F2N4Pt-3. The molecule has 0 radical (unpaired) electrons. The van der Waals surface area contributed by atoms with Gasteiger partial charge >= 0.3 is 0 Å². The van der Waals surface area contributed by atoms with E-state index < -0.39 is 17.0 Å². The predicted octanol–water partition coefficient (Wildman–Crippen LogP) is 8.24. The number of hydrogen-bond acceptors (Lipinski definition) is 4. The zero-order chi connectivity index (χ0) is 29.6. The average molecular weight is 767 g/mol. The first-order valence-electron chi connectivity index (χ1n) is 13.4. The standard InChI is InChI=1S/C37H18F2N4.CH3.Pt/c38-31-17-15-23(19-25(31)21-40)33-11-5-13-35(42-33)37(29-9-3-1-7-27(29)28-8-2-4-10-30(28)37)36-14-6-12-34(43-36)24-16-18-32(39)26(20-24)22-41;;/h1-14,17-20H;1H3;/q-2;-1;. The number of fused-ring (bicyclic) bond motifs is 3. The SMILES string of the molecule is N#Cc1cc(-c2cccc(C3(c4cccc(-c5[c-]cc(F)c(C#N)c5)n4)c4ccccc4-c4ccccc43)n2)[c-]cc1F.[CH3-].[Pt]. The van der Waals surface area contributed by atoms with Crippen molar-refractivity contribution in [3.8, 4) is 45.8 Å². The van der Waals surface area contributed by atoms with Crippen molar-refractivity contribution < 1.29 is 29.8 Å². The summed E-state index contributed by atoms with van der Waals surface area (Å²) >= 11 is 0. The van der Waals surface area contributed by atoms with Crippen LogP contribution in [-0.2, 0) is 26.5 Å². The number of aromatic nitrogens is 2. The van der Waals surface area contributed by atoms with Gasteiger partial charge in [-0.15, -0.1) is 47.5 Å². The van der Waals surface area contributed by atoms with Gasteiger partial charge in [0.15, 0.2) is 0 Å². The Kier molecular flexibility index (Phi) is 8.56. The van der Waals surface area contributed by atoms with Crippen LogP contribution in [0.1, 0.15) is 33.6 Å². The monoisotopic (exact) mass is 766 g/mol. The summed E-state index contributed by atoms with van der Waals surface area (Å²) in [6.07, 6.45) is 0. The van der Waals surface area contributed by atoms with Gasteiger partial charge in [-0.2, -0.15) is 10.5 Å². The van der Waals surface area contributed by atoms with Crippen molar-refractivity contribution in [2.24, 2.45) is 0 Å². The van der Waals surface area contributed by atoms with Crippen LogP contribution in [0.25, 0.3) is 33.6 Å². The second-order valence-corrected chi connectivity index (χ2v) is 10.1. The third-order valence-corrected chi connectivity index (χ3v) is 7.81. The Morgan fingerprint density at radius 3 is 1.44 bits per heavy atom. The Morgan fingerprint density at radius 1 is 0.600 bits per heavy atom. The molecular weight excluding hydrogens is 746 g/mol. The van der Waals surface area contributed by atoms with Gasteiger partial charge in [0.05, 0.1) is 35.2 Å². The van der Waals surface area contributed by atoms with Crippen molar-refractivity contribution in [1.82, 2.24) is 9.97 Å². The van der Waals surface area contributed by atoms with E-state index in [1.165, 1.54) is 12.1 Å². The molecule has 2 aromatic heterocycles. The molecule has 7 heteroatoms. The summed E-state index contributed by atoms with van der Waals surface area (Å²) in [6.45, 7) is 0. The van der Waals surface area contributed by atoms with Crippen molar-refractivity contribution in [3.63, 3.8) is 0 Å². The zero-order valence-corrected chi connectivity index (χ0v) is 26.0. The van der Waals surface area contributed by atoms with Crippen LogP contribution < -0.4 is 0 Å². The van der Waals surface area contributed by atoms with E-state index in [0.717, 1.165) is 34.4 Å². The van der Waals surface area contributed by atoms with Gasteiger partial charge < -0.3 is 7.43 Å². The third kappa shape index (κ3) is 4.94. The molecule has 4 aromatic carbocycles. The number of rotatable bonds is 4. The fourth-order valence-electron chi connectivity index (χ4n) is 5.92. The first kappa shape index (κ1) is 31.1. The number of nitriles is 2. The van der Waals surface area contributed by atoms with Crippen molar-refractivity contribution in [1.29, 1.82) is 10.5 Å². The van der Waals surface area contributed by atoms with Gasteiger partial charge in [-0.25, -0.2) is 0 Å². The van der Waals surface area contributed by atoms with E-state index in [0.29, 0.717) is 33.9 Å². The number of hydrogen-bond donors (Lipinski definition) is 0.